The first-order chi connectivity index (χ1) is 11.8. The van der Waals surface area contributed by atoms with Gasteiger partial charge in [-0.15, -0.1) is 11.3 Å². The number of carbonyl (C=O) groups is 1. The van der Waals surface area contributed by atoms with Gasteiger partial charge in [-0.05, 0) is 46.5 Å². The van der Waals surface area contributed by atoms with Crippen LogP contribution in [0.15, 0.2) is 66.1 Å². The summed E-state index contributed by atoms with van der Waals surface area (Å²) in [5.74, 6) is 0. The molecule has 122 valence electrons. The standard InChI is InChI=1S/C20H19NO2S/c22-20(23-15-17-7-2-1-3-8-17)21-12-5-4-6-16-9-10-19-18(14-16)11-13-24-19/h1-4,6-11,13-14H,5,12,15H2,(H,21,22). The zero-order chi connectivity index (χ0) is 16.6. The Bertz CT molecular complexity index is 824. The monoisotopic (exact) mass is 337 g/mol. The van der Waals surface area contributed by atoms with Crippen LogP contribution in [0.4, 0.5) is 4.79 Å². The van der Waals surface area contributed by atoms with E-state index in [1.807, 2.05) is 30.3 Å². The first-order valence-electron chi connectivity index (χ1n) is 7.89. The van der Waals surface area contributed by atoms with Crippen molar-refractivity contribution in [3.8, 4) is 0 Å². The summed E-state index contributed by atoms with van der Waals surface area (Å²) in [7, 11) is 0. The molecule has 3 rings (SSSR count). The zero-order valence-corrected chi connectivity index (χ0v) is 14.1. The molecule has 24 heavy (non-hydrogen) atoms. The third kappa shape index (κ3) is 4.70. The zero-order valence-electron chi connectivity index (χ0n) is 13.3. The summed E-state index contributed by atoms with van der Waals surface area (Å²) in [6, 6.07) is 18.2. The number of fused-ring (bicyclic) bond motifs is 1. The highest BCUT2D eigenvalue weighted by Crippen LogP contribution is 2.22. The number of benzene rings is 2. The molecule has 0 aliphatic rings. The molecule has 0 aliphatic heterocycles. The van der Waals surface area contributed by atoms with Gasteiger partial charge in [0.25, 0.3) is 0 Å². The Morgan fingerprint density at radius 2 is 2.00 bits per heavy atom. The highest BCUT2D eigenvalue weighted by atomic mass is 32.1. The quantitative estimate of drug-likeness (QED) is 0.625. The lowest BCUT2D eigenvalue weighted by Gasteiger charge is -2.05. The summed E-state index contributed by atoms with van der Waals surface area (Å²) >= 11 is 1.75. The van der Waals surface area contributed by atoms with Gasteiger partial charge in [-0.2, -0.15) is 0 Å². The second kappa shape index (κ2) is 8.31. The van der Waals surface area contributed by atoms with Crippen molar-refractivity contribution in [1.29, 1.82) is 0 Å². The van der Waals surface area contributed by atoms with Gasteiger partial charge in [0.1, 0.15) is 6.61 Å². The van der Waals surface area contributed by atoms with Crippen molar-refractivity contribution >= 4 is 33.6 Å². The van der Waals surface area contributed by atoms with Crippen LogP contribution in [-0.2, 0) is 11.3 Å². The smallest absolute Gasteiger partial charge is 0.407 e. The summed E-state index contributed by atoms with van der Waals surface area (Å²) in [6.07, 6.45) is 4.52. The number of alkyl carbamates (subject to hydrolysis) is 1. The van der Waals surface area contributed by atoms with Crippen molar-refractivity contribution < 1.29 is 9.53 Å². The Morgan fingerprint density at radius 1 is 1.12 bits per heavy atom. The highest BCUT2D eigenvalue weighted by molar-refractivity contribution is 7.17. The van der Waals surface area contributed by atoms with Gasteiger partial charge in [0.2, 0.25) is 0 Å². The first kappa shape index (κ1) is 16.3. The fourth-order valence-electron chi connectivity index (χ4n) is 2.34. The van der Waals surface area contributed by atoms with Gasteiger partial charge in [0.05, 0.1) is 0 Å². The molecule has 1 N–H and O–H groups in total. The largest absolute Gasteiger partial charge is 0.445 e. The van der Waals surface area contributed by atoms with Crippen LogP contribution in [0, 0.1) is 0 Å². The Labute approximate surface area is 145 Å². The number of hydrogen-bond acceptors (Lipinski definition) is 3. The minimum Gasteiger partial charge on any atom is -0.445 e. The van der Waals surface area contributed by atoms with E-state index in [-0.39, 0.29) is 6.09 Å². The lowest BCUT2D eigenvalue weighted by Crippen LogP contribution is -2.24. The molecular formula is C20H19NO2S. The molecule has 0 saturated heterocycles. The third-order valence-corrected chi connectivity index (χ3v) is 4.48. The Hall–Kier alpha value is -2.59. The molecule has 3 aromatic rings. The number of rotatable bonds is 6. The fourth-order valence-corrected chi connectivity index (χ4v) is 3.11. The molecule has 0 fully saturated rings. The second-order valence-corrected chi connectivity index (χ2v) is 6.35. The molecule has 0 spiro atoms. The van der Waals surface area contributed by atoms with E-state index in [1.54, 1.807) is 11.3 Å². The maximum atomic E-state index is 11.6. The molecule has 4 heteroatoms. The van der Waals surface area contributed by atoms with Crippen molar-refractivity contribution in [2.24, 2.45) is 0 Å². The van der Waals surface area contributed by atoms with Gasteiger partial charge >= 0.3 is 6.09 Å². The molecule has 0 aliphatic carbocycles. The Morgan fingerprint density at radius 3 is 2.88 bits per heavy atom. The SMILES string of the molecule is O=C(NCCC=Cc1ccc2sccc2c1)OCc1ccccc1. The maximum Gasteiger partial charge on any atom is 0.407 e. The minimum atomic E-state index is -0.382. The van der Waals surface area contributed by atoms with E-state index in [9.17, 15) is 4.79 Å². The number of ether oxygens (including phenoxy) is 1. The second-order valence-electron chi connectivity index (χ2n) is 5.40. The van der Waals surface area contributed by atoms with E-state index in [1.165, 1.54) is 15.6 Å². The molecule has 0 atom stereocenters. The normalized spacial score (nSPS) is 11.0. The van der Waals surface area contributed by atoms with E-state index < -0.39 is 0 Å². The van der Waals surface area contributed by atoms with Gasteiger partial charge in [0.15, 0.2) is 0 Å². The van der Waals surface area contributed by atoms with Gasteiger partial charge in [-0.1, -0.05) is 48.6 Å². The van der Waals surface area contributed by atoms with Crippen molar-refractivity contribution in [1.82, 2.24) is 5.32 Å². The van der Waals surface area contributed by atoms with Crippen LogP contribution in [-0.4, -0.2) is 12.6 Å². The van der Waals surface area contributed by atoms with Crippen LogP contribution in [0.25, 0.3) is 16.2 Å². The summed E-state index contributed by atoms with van der Waals surface area (Å²) in [4.78, 5) is 11.6. The molecule has 1 amide bonds. The van der Waals surface area contributed by atoms with Crippen LogP contribution in [0.1, 0.15) is 17.5 Å². The van der Waals surface area contributed by atoms with Gasteiger partial charge in [-0.25, -0.2) is 4.79 Å². The lowest BCUT2D eigenvalue weighted by atomic mass is 10.1. The van der Waals surface area contributed by atoms with E-state index >= 15 is 0 Å². The van der Waals surface area contributed by atoms with Crippen molar-refractivity contribution in [2.45, 2.75) is 13.0 Å². The average Bonchev–Trinajstić information content (AvgIpc) is 3.08. The number of hydrogen-bond donors (Lipinski definition) is 1. The first-order valence-corrected chi connectivity index (χ1v) is 8.77. The highest BCUT2D eigenvalue weighted by Gasteiger charge is 2.00. The summed E-state index contributed by atoms with van der Waals surface area (Å²) in [6.45, 7) is 0.855. The topological polar surface area (TPSA) is 38.3 Å². The molecule has 0 unspecified atom stereocenters. The summed E-state index contributed by atoms with van der Waals surface area (Å²) in [5.41, 5.74) is 2.16. The molecular weight excluding hydrogens is 318 g/mol. The van der Waals surface area contributed by atoms with Crippen LogP contribution in [0.3, 0.4) is 0 Å². The molecule has 1 aromatic heterocycles. The summed E-state index contributed by atoms with van der Waals surface area (Å²) < 4.78 is 6.46. The number of carbonyl (C=O) groups excluding carboxylic acids is 1. The van der Waals surface area contributed by atoms with E-state index in [2.05, 4.69) is 47.1 Å². The van der Waals surface area contributed by atoms with Crippen molar-refractivity contribution in [3.05, 3.63) is 77.2 Å². The lowest BCUT2D eigenvalue weighted by molar-refractivity contribution is 0.140. The van der Waals surface area contributed by atoms with Gasteiger partial charge in [-0.3, -0.25) is 0 Å². The van der Waals surface area contributed by atoms with Crippen molar-refractivity contribution in [3.63, 3.8) is 0 Å². The number of amides is 1. The maximum absolute atomic E-state index is 11.6. The van der Waals surface area contributed by atoms with Gasteiger partial charge in [0, 0.05) is 11.2 Å². The number of nitrogens with one attached hydrogen (secondary N) is 1. The van der Waals surface area contributed by atoms with E-state index in [0.717, 1.165) is 12.0 Å². The van der Waals surface area contributed by atoms with E-state index in [0.29, 0.717) is 13.2 Å². The molecule has 2 aromatic carbocycles. The number of thiophene rings is 1. The van der Waals surface area contributed by atoms with Crippen LogP contribution in [0.2, 0.25) is 0 Å². The molecule has 0 radical (unpaired) electrons. The Balaban J connectivity index is 1.37. The Kier molecular flexibility index (Phi) is 5.64. The average molecular weight is 337 g/mol. The van der Waals surface area contributed by atoms with Crippen LogP contribution in [0.5, 0.6) is 0 Å². The van der Waals surface area contributed by atoms with Gasteiger partial charge < -0.3 is 10.1 Å². The molecule has 3 nitrogen and oxygen atoms in total. The third-order valence-electron chi connectivity index (χ3n) is 3.58. The van der Waals surface area contributed by atoms with Crippen LogP contribution >= 0.6 is 11.3 Å². The van der Waals surface area contributed by atoms with Crippen molar-refractivity contribution in [2.75, 3.05) is 6.54 Å². The molecule has 0 saturated carbocycles. The predicted molar refractivity (Wildman–Crippen MR) is 100 cm³/mol. The van der Waals surface area contributed by atoms with Crippen LogP contribution < -0.4 is 5.32 Å². The fraction of sp³-hybridized carbons (Fsp3) is 0.150. The summed E-state index contributed by atoms with van der Waals surface area (Å²) in [5, 5.41) is 6.12. The molecule has 0 bridgehead atoms. The molecule has 1 heterocycles. The minimum absolute atomic E-state index is 0.295. The predicted octanol–water partition coefficient (Wildman–Crippen LogP) is 5.23. The van der Waals surface area contributed by atoms with E-state index in [4.69, 9.17) is 4.74 Å².